The SMILES string of the molecule is CCNCc1cnc(N2CC(C)C(C)C2)nc1C. The minimum absolute atomic E-state index is 0.732. The highest BCUT2D eigenvalue weighted by atomic mass is 15.3. The van der Waals surface area contributed by atoms with Gasteiger partial charge in [-0.3, -0.25) is 0 Å². The van der Waals surface area contributed by atoms with Gasteiger partial charge in [-0.1, -0.05) is 20.8 Å². The zero-order chi connectivity index (χ0) is 13.1. The van der Waals surface area contributed by atoms with Crippen molar-refractivity contribution >= 4 is 5.95 Å². The molecule has 1 N–H and O–H groups in total. The van der Waals surface area contributed by atoms with Gasteiger partial charge in [-0.05, 0) is 25.3 Å². The standard InChI is InChI=1S/C14H24N4/c1-5-15-6-13-7-16-14(17-12(13)4)18-8-10(2)11(3)9-18/h7,10-11,15H,5-6,8-9H2,1-4H3. The van der Waals surface area contributed by atoms with Gasteiger partial charge in [-0.25, -0.2) is 9.97 Å². The first kappa shape index (κ1) is 13.3. The highest BCUT2D eigenvalue weighted by Gasteiger charge is 2.27. The summed E-state index contributed by atoms with van der Waals surface area (Å²) < 4.78 is 0. The molecular formula is C14H24N4. The van der Waals surface area contributed by atoms with Crippen LogP contribution in [0.15, 0.2) is 6.20 Å². The van der Waals surface area contributed by atoms with E-state index in [1.54, 1.807) is 0 Å². The molecule has 2 unspecified atom stereocenters. The van der Waals surface area contributed by atoms with Gasteiger partial charge in [0.05, 0.1) is 0 Å². The maximum atomic E-state index is 4.65. The summed E-state index contributed by atoms with van der Waals surface area (Å²) in [6.45, 7) is 12.8. The van der Waals surface area contributed by atoms with Crippen molar-refractivity contribution in [2.45, 2.75) is 34.2 Å². The second-order valence-corrected chi connectivity index (χ2v) is 5.42. The minimum Gasteiger partial charge on any atom is -0.340 e. The smallest absolute Gasteiger partial charge is 0.225 e. The van der Waals surface area contributed by atoms with Gasteiger partial charge in [-0.2, -0.15) is 0 Å². The first-order chi connectivity index (χ1) is 8.61. The third-order valence-corrected chi connectivity index (χ3v) is 3.90. The second-order valence-electron chi connectivity index (χ2n) is 5.42. The molecule has 1 aliphatic rings. The number of anilines is 1. The molecule has 1 saturated heterocycles. The zero-order valence-corrected chi connectivity index (χ0v) is 11.9. The summed E-state index contributed by atoms with van der Waals surface area (Å²) in [7, 11) is 0. The average Bonchev–Trinajstić information content (AvgIpc) is 2.68. The van der Waals surface area contributed by atoms with Crippen LogP contribution in [0.25, 0.3) is 0 Å². The van der Waals surface area contributed by atoms with Crippen LogP contribution in [0.2, 0.25) is 0 Å². The molecule has 0 radical (unpaired) electrons. The normalized spacial score (nSPS) is 23.7. The maximum absolute atomic E-state index is 4.65. The summed E-state index contributed by atoms with van der Waals surface area (Å²) in [5.74, 6) is 2.36. The van der Waals surface area contributed by atoms with Crippen molar-refractivity contribution in [1.29, 1.82) is 0 Å². The van der Waals surface area contributed by atoms with Crippen LogP contribution in [0, 0.1) is 18.8 Å². The van der Waals surface area contributed by atoms with Crippen molar-refractivity contribution in [2.24, 2.45) is 11.8 Å². The maximum Gasteiger partial charge on any atom is 0.225 e. The summed E-state index contributed by atoms with van der Waals surface area (Å²) in [6.07, 6.45) is 1.97. The molecule has 0 aliphatic carbocycles. The van der Waals surface area contributed by atoms with E-state index in [0.29, 0.717) is 0 Å². The van der Waals surface area contributed by atoms with E-state index >= 15 is 0 Å². The lowest BCUT2D eigenvalue weighted by atomic mass is 10.0. The van der Waals surface area contributed by atoms with Crippen LogP contribution in [0.4, 0.5) is 5.95 Å². The van der Waals surface area contributed by atoms with E-state index in [2.05, 4.69) is 47.9 Å². The van der Waals surface area contributed by atoms with Gasteiger partial charge in [0.25, 0.3) is 0 Å². The summed E-state index contributed by atoms with van der Waals surface area (Å²) in [5, 5.41) is 3.31. The molecule has 0 aromatic carbocycles. The van der Waals surface area contributed by atoms with Gasteiger partial charge in [-0.15, -0.1) is 0 Å². The Morgan fingerprint density at radius 2 is 2.00 bits per heavy atom. The first-order valence-corrected chi connectivity index (χ1v) is 6.90. The summed E-state index contributed by atoms with van der Waals surface area (Å²) in [4.78, 5) is 11.5. The van der Waals surface area contributed by atoms with Crippen molar-refractivity contribution < 1.29 is 0 Å². The molecule has 1 aromatic heterocycles. The molecule has 0 saturated carbocycles. The number of hydrogen-bond acceptors (Lipinski definition) is 4. The number of hydrogen-bond donors (Lipinski definition) is 1. The van der Waals surface area contributed by atoms with E-state index in [4.69, 9.17) is 0 Å². The lowest BCUT2D eigenvalue weighted by Crippen LogP contribution is -2.23. The molecule has 4 heteroatoms. The molecule has 0 amide bonds. The lowest BCUT2D eigenvalue weighted by molar-refractivity contribution is 0.494. The van der Waals surface area contributed by atoms with E-state index in [0.717, 1.165) is 49.7 Å². The van der Waals surface area contributed by atoms with Crippen LogP contribution < -0.4 is 10.2 Å². The van der Waals surface area contributed by atoms with E-state index in [1.165, 1.54) is 5.56 Å². The molecule has 4 nitrogen and oxygen atoms in total. The van der Waals surface area contributed by atoms with E-state index < -0.39 is 0 Å². The predicted octanol–water partition coefficient (Wildman–Crippen LogP) is 1.99. The monoisotopic (exact) mass is 248 g/mol. The van der Waals surface area contributed by atoms with Crippen molar-refractivity contribution in [1.82, 2.24) is 15.3 Å². The molecule has 18 heavy (non-hydrogen) atoms. The molecule has 0 bridgehead atoms. The Morgan fingerprint density at radius 1 is 1.33 bits per heavy atom. The van der Waals surface area contributed by atoms with Crippen LogP contribution in [0.5, 0.6) is 0 Å². The molecule has 2 atom stereocenters. The molecule has 100 valence electrons. The summed E-state index contributed by atoms with van der Waals surface area (Å²) >= 11 is 0. The second kappa shape index (κ2) is 5.65. The Balaban J connectivity index is 2.09. The van der Waals surface area contributed by atoms with E-state index in [9.17, 15) is 0 Å². The van der Waals surface area contributed by atoms with Crippen molar-refractivity contribution in [3.63, 3.8) is 0 Å². The Kier molecular flexibility index (Phi) is 4.17. The first-order valence-electron chi connectivity index (χ1n) is 6.90. The van der Waals surface area contributed by atoms with E-state index in [1.807, 2.05) is 6.20 Å². The van der Waals surface area contributed by atoms with Crippen LogP contribution in [0.1, 0.15) is 32.0 Å². The fraction of sp³-hybridized carbons (Fsp3) is 0.714. The zero-order valence-electron chi connectivity index (χ0n) is 11.9. The Labute approximate surface area is 110 Å². The van der Waals surface area contributed by atoms with Crippen LogP contribution in [0.3, 0.4) is 0 Å². The molecule has 0 spiro atoms. The fourth-order valence-corrected chi connectivity index (χ4v) is 2.36. The molecular weight excluding hydrogens is 224 g/mol. The van der Waals surface area contributed by atoms with Crippen molar-refractivity contribution in [3.05, 3.63) is 17.5 Å². The number of rotatable bonds is 4. The fourth-order valence-electron chi connectivity index (χ4n) is 2.36. The van der Waals surface area contributed by atoms with Crippen LogP contribution >= 0.6 is 0 Å². The average molecular weight is 248 g/mol. The Morgan fingerprint density at radius 3 is 2.56 bits per heavy atom. The largest absolute Gasteiger partial charge is 0.340 e. The van der Waals surface area contributed by atoms with Gasteiger partial charge in [0, 0.05) is 37.1 Å². The van der Waals surface area contributed by atoms with Gasteiger partial charge >= 0.3 is 0 Å². The number of aromatic nitrogens is 2. The third-order valence-electron chi connectivity index (χ3n) is 3.90. The summed E-state index contributed by atoms with van der Waals surface area (Å²) in [6, 6.07) is 0. The van der Waals surface area contributed by atoms with Crippen LogP contribution in [-0.2, 0) is 6.54 Å². The Bertz CT molecular complexity index is 395. The third kappa shape index (κ3) is 2.80. The quantitative estimate of drug-likeness (QED) is 0.884. The minimum atomic E-state index is 0.732. The molecule has 1 aromatic rings. The number of nitrogens with zero attached hydrogens (tertiary/aromatic N) is 3. The molecule has 2 rings (SSSR count). The van der Waals surface area contributed by atoms with Gasteiger partial charge in [0.1, 0.15) is 0 Å². The summed E-state index contributed by atoms with van der Waals surface area (Å²) in [5.41, 5.74) is 2.29. The van der Waals surface area contributed by atoms with Gasteiger partial charge in [0.15, 0.2) is 0 Å². The molecule has 2 heterocycles. The van der Waals surface area contributed by atoms with Gasteiger partial charge in [0.2, 0.25) is 5.95 Å². The highest BCUT2D eigenvalue weighted by molar-refractivity contribution is 5.34. The van der Waals surface area contributed by atoms with Crippen molar-refractivity contribution in [3.8, 4) is 0 Å². The predicted molar refractivity (Wildman–Crippen MR) is 74.7 cm³/mol. The Hall–Kier alpha value is -1.16. The number of aryl methyl sites for hydroxylation is 1. The highest BCUT2D eigenvalue weighted by Crippen LogP contribution is 2.25. The topological polar surface area (TPSA) is 41.1 Å². The molecule has 1 aliphatic heterocycles. The molecule has 1 fully saturated rings. The number of nitrogens with one attached hydrogen (secondary N) is 1. The lowest BCUT2D eigenvalue weighted by Gasteiger charge is -2.17. The van der Waals surface area contributed by atoms with E-state index in [-0.39, 0.29) is 0 Å². The van der Waals surface area contributed by atoms with Crippen molar-refractivity contribution in [2.75, 3.05) is 24.5 Å². The van der Waals surface area contributed by atoms with Crippen LogP contribution in [-0.4, -0.2) is 29.6 Å². The van der Waals surface area contributed by atoms with Gasteiger partial charge < -0.3 is 10.2 Å².